The van der Waals surface area contributed by atoms with Gasteiger partial charge in [0.1, 0.15) is 11.7 Å². The number of hydrogen-bond acceptors (Lipinski definition) is 1. The van der Waals surface area contributed by atoms with Crippen molar-refractivity contribution in [3.63, 3.8) is 0 Å². The summed E-state index contributed by atoms with van der Waals surface area (Å²) >= 11 is 0. The molecule has 0 radical (unpaired) electrons. The van der Waals surface area contributed by atoms with E-state index in [-0.39, 0.29) is 0 Å². The third-order valence-corrected chi connectivity index (χ3v) is 5.16. The maximum absolute atomic E-state index is 4.39. The maximum atomic E-state index is 4.39. The molecule has 0 saturated carbocycles. The molecule has 0 aliphatic rings. The number of benzene rings is 2. The van der Waals surface area contributed by atoms with Crippen LogP contribution in [0.15, 0.2) is 61.1 Å². The molecule has 0 N–H and O–H groups in total. The average molecular weight is 327 g/mol. The van der Waals surface area contributed by atoms with Crippen molar-refractivity contribution in [3.05, 3.63) is 72.4 Å². The Morgan fingerprint density at radius 3 is 2.56 bits per heavy atom. The zero-order valence-corrected chi connectivity index (χ0v) is 14.6. The quantitative estimate of drug-likeness (QED) is 0.339. The van der Waals surface area contributed by atoms with Crippen LogP contribution < -0.4 is 4.57 Å². The van der Waals surface area contributed by atoms with Gasteiger partial charge in [0.2, 0.25) is 5.65 Å². The second-order valence-corrected chi connectivity index (χ2v) is 6.60. The Labute approximate surface area is 145 Å². The summed E-state index contributed by atoms with van der Waals surface area (Å²) in [5.41, 5.74) is 3.71. The molecule has 3 heterocycles. The highest BCUT2D eigenvalue weighted by atomic mass is 15.2. The van der Waals surface area contributed by atoms with E-state index >= 15 is 0 Å². The molecule has 0 bridgehead atoms. The van der Waals surface area contributed by atoms with E-state index in [0.29, 0.717) is 0 Å². The Hall–Kier alpha value is -3.14. The van der Waals surface area contributed by atoms with Gasteiger partial charge in [-0.3, -0.25) is 0 Å². The summed E-state index contributed by atoms with van der Waals surface area (Å²) in [5, 5.41) is 3.87. The number of aryl methyl sites for hydroxylation is 3. The SMILES string of the molecule is Cc1cccc2c3ccccc3n3cc(-n4ccnc4C)[n+](C)c3c12. The number of imidazole rings is 2. The van der Waals surface area contributed by atoms with Gasteiger partial charge in [-0.15, -0.1) is 0 Å². The normalized spacial score (nSPS) is 11.8. The first-order valence-corrected chi connectivity index (χ1v) is 8.48. The number of para-hydroxylation sites is 1. The highest BCUT2D eigenvalue weighted by Gasteiger charge is 2.22. The van der Waals surface area contributed by atoms with Crippen molar-refractivity contribution >= 4 is 27.3 Å². The molecule has 0 fully saturated rings. The second kappa shape index (κ2) is 4.93. The van der Waals surface area contributed by atoms with Gasteiger partial charge in [0.15, 0.2) is 5.82 Å². The third-order valence-electron chi connectivity index (χ3n) is 5.16. The van der Waals surface area contributed by atoms with Crippen molar-refractivity contribution in [2.24, 2.45) is 7.05 Å². The minimum Gasteiger partial charge on any atom is -0.231 e. The number of pyridine rings is 1. The van der Waals surface area contributed by atoms with E-state index in [1.165, 1.54) is 32.9 Å². The smallest absolute Gasteiger partial charge is 0.231 e. The first-order chi connectivity index (χ1) is 12.2. The summed E-state index contributed by atoms with van der Waals surface area (Å²) in [7, 11) is 2.13. The van der Waals surface area contributed by atoms with Crippen LogP contribution in [0.2, 0.25) is 0 Å². The summed E-state index contributed by atoms with van der Waals surface area (Å²) in [6.07, 6.45) is 6.07. The van der Waals surface area contributed by atoms with Crippen LogP contribution in [0.25, 0.3) is 33.1 Å². The van der Waals surface area contributed by atoms with Crippen LogP contribution in [-0.2, 0) is 7.05 Å². The number of rotatable bonds is 1. The zero-order chi connectivity index (χ0) is 17.1. The van der Waals surface area contributed by atoms with Crippen LogP contribution in [0.1, 0.15) is 11.4 Å². The minimum absolute atomic E-state index is 0.983. The Morgan fingerprint density at radius 2 is 1.76 bits per heavy atom. The van der Waals surface area contributed by atoms with Gasteiger partial charge in [-0.25, -0.2) is 18.5 Å². The van der Waals surface area contributed by atoms with Gasteiger partial charge in [0, 0.05) is 12.3 Å². The van der Waals surface area contributed by atoms with Crippen molar-refractivity contribution in [2.75, 3.05) is 0 Å². The molecule has 122 valence electrons. The van der Waals surface area contributed by atoms with Crippen LogP contribution >= 0.6 is 0 Å². The summed E-state index contributed by atoms with van der Waals surface area (Å²) in [6.45, 7) is 4.22. The van der Waals surface area contributed by atoms with Crippen LogP contribution in [0.4, 0.5) is 0 Å². The molecule has 25 heavy (non-hydrogen) atoms. The van der Waals surface area contributed by atoms with Crippen LogP contribution in [-0.4, -0.2) is 14.0 Å². The van der Waals surface area contributed by atoms with E-state index < -0.39 is 0 Å². The number of nitrogens with zero attached hydrogens (tertiary/aromatic N) is 4. The predicted octanol–water partition coefficient (Wildman–Crippen LogP) is 3.87. The second-order valence-electron chi connectivity index (χ2n) is 6.60. The van der Waals surface area contributed by atoms with Gasteiger partial charge in [-0.1, -0.05) is 36.4 Å². The monoisotopic (exact) mass is 327 g/mol. The first kappa shape index (κ1) is 14.2. The fraction of sp³-hybridized carbons (Fsp3) is 0.143. The number of fused-ring (bicyclic) bond motifs is 6. The lowest BCUT2D eigenvalue weighted by Crippen LogP contribution is -2.32. The molecule has 4 nitrogen and oxygen atoms in total. The fourth-order valence-electron chi connectivity index (χ4n) is 3.95. The first-order valence-electron chi connectivity index (χ1n) is 8.48. The topological polar surface area (TPSA) is 26.1 Å². The van der Waals surface area contributed by atoms with E-state index in [4.69, 9.17) is 0 Å². The summed E-state index contributed by atoms with van der Waals surface area (Å²) in [6, 6.07) is 15.2. The van der Waals surface area contributed by atoms with Crippen LogP contribution in [0.3, 0.4) is 0 Å². The van der Waals surface area contributed by atoms with Crippen molar-refractivity contribution in [2.45, 2.75) is 13.8 Å². The van der Waals surface area contributed by atoms with E-state index in [1.807, 2.05) is 19.3 Å². The Bertz CT molecular complexity index is 1270. The van der Waals surface area contributed by atoms with E-state index in [1.54, 1.807) is 0 Å². The molecule has 4 heteroatoms. The van der Waals surface area contributed by atoms with Gasteiger partial charge < -0.3 is 0 Å². The molecular weight excluding hydrogens is 308 g/mol. The molecule has 0 aliphatic heterocycles. The number of aromatic nitrogens is 4. The lowest BCUT2D eigenvalue weighted by molar-refractivity contribution is -0.638. The Kier molecular flexibility index (Phi) is 2.80. The highest BCUT2D eigenvalue weighted by molar-refractivity contribution is 6.12. The maximum Gasteiger partial charge on any atom is 0.266 e. The Morgan fingerprint density at radius 1 is 0.960 bits per heavy atom. The molecular formula is C21H19N4+. The van der Waals surface area contributed by atoms with E-state index in [9.17, 15) is 0 Å². The average Bonchev–Trinajstić information content (AvgIpc) is 3.19. The molecule has 0 atom stereocenters. The van der Waals surface area contributed by atoms with Crippen molar-refractivity contribution < 1.29 is 4.57 Å². The lowest BCUT2D eigenvalue weighted by Gasteiger charge is -2.08. The zero-order valence-electron chi connectivity index (χ0n) is 14.6. The molecule has 5 rings (SSSR count). The van der Waals surface area contributed by atoms with Gasteiger partial charge in [0.25, 0.3) is 5.82 Å². The van der Waals surface area contributed by atoms with Gasteiger partial charge >= 0.3 is 0 Å². The minimum atomic E-state index is 0.983. The van der Waals surface area contributed by atoms with Crippen LogP contribution in [0.5, 0.6) is 0 Å². The molecule has 0 aliphatic carbocycles. The molecule has 2 aromatic carbocycles. The number of hydrogen-bond donors (Lipinski definition) is 0. The summed E-state index contributed by atoms with van der Waals surface area (Å²) in [4.78, 5) is 4.39. The largest absolute Gasteiger partial charge is 0.266 e. The van der Waals surface area contributed by atoms with Crippen molar-refractivity contribution in [1.82, 2.24) is 14.0 Å². The molecule has 0 saturated heterocycles. The fourth-order valence-corrected chi connectivity index (χ4v) is 3.95. The molecule has 0 amide bonds. The molecule has 0 unspecified atom stereocenters. The van der Waals surface area contributed by atoms with Crippen molar-refractivity contribution in [3.8, 4) is 5.82 Å². The van der Waals surface area contributed by atoms with Crippen molar-refractivity contribution in [1.29, 1.82) is 0 Å². The van der Waals surface area contributed by atoms with Crippen LogP contribution in [0, 0.1) is 13.8 Å². The Balaban J connectivity index is 2.09. The molecule has 3 aromatic heterocycles. The van der Waals surface area contributed by atoms with Gasteiger partial charge in [-0.2, -0.15) is 0 Å². The third kappa shape index (κ3) is 1.82. The standard InChI is InChI=1S/C21H19N4/c1-14-7-6-9-17-16-8-4-5-10-18(16)25-13-19(23(3)21(25)20(14)17)24-12-11-22-15(24)2/h4-13H,1-3H3/q+1. The van der Waals surface area contributed by atoms with Gasteiger partial charge in [0.05, 0.1) is 24.8 Å². The lowest BCUT2D eigenvalue weighted by atomic mass is 10.0. The summed E-state index contributed by atoms with van der Waals surface area (Å²) < 4.78 is 6.70. The van der Waals surface area contributed by atoms with E-state index in [0.717, 1.165) is 11.6 Å². The predicted molar refractivity (Wildman–Crippen MR) is 100 cm³/mol. The highest BCUT2D eigenvalue weighted by Crippen LogP contribution is 2.31. The summed E-state index contributed by atoms with van der Waals surface area (Å²) in [5.74, 6) is 2.09. The van der Waals surface area contributed by atoms with E-state index in [2.05, 4.69) is 81.2 Å². The molecule has 0 spiro atoms. The van der Waals surface area contributed by atoms with Gasteiger partial charge in [-0.05, 0) is 23.9 Å². The molecule has 5 aromatic rings.